The Balaban J connectivity index is 1.73. The first-order chi connectivity index (χ1) is 11.1. The number of anilines is 1. The van der Waals surface area contributed by atoms with Gasteiger partial charge in [0, 0.05) is 32.4 Å². The van der Waals surface area contributed by atoms with Gasteiger partial charge in [-0.25, -0.2) is 14.7 Å². The van der Waals surface area contributed by atoms with Crippen molar-refractivity contribution in [2.45, 2.75) is 26.4 Å². The van der Waals surface area contributed by atoms with Crippen molar-refractivity contribution >= 4 is 23.8 Å². The number of aromatic nitrogens is 5. The van der Waals surface area contributed by atoms with Gasteiger partial charge in [0.1, 0.15) is 12.1 Å². The van der Waals surface area contributed by atoms with Crippen LogP contribution in [0, 0.1) is 5.92 Å². The summed E-state index contributed by atoms with van der Waals surface area (Å²) in [6.07, 6.45) is 5.06. The average molecular weight is 315 g/mol. The molecule has 0 aromatic carbocycles. The maximum atomic E-state index is 12.5. The van der Waals surface area contributed by atoms with E-state index in [2.05, 4.69) is 20.2 Å². The zero-order chi connectivity index (χ0) is 16.4. The van der Waals surface area contributed by atoms with Gasteiger partial charge in [0.15, 0.2) is 0 Å². The summed E-state index contributed by atoms with van der Waals surface area (Å²) in [7, 11) is 1.69. The van der Waals surface area contributed by atoms with Crippen LogP contribution in [0.5, 0.6) is 0 Å². The Bertz CT molecular complexity index is 761. The lowest BCUT2D eigenvalue weighted by Gasteiger charge is -2.16. The minimum absolute atomic E-state index is 0.0328. The van der Waals surface area contributed by atoms with E-state index in [1.807, 2.05) is 6.92 Å². The Morgan fingerprint density at radius 2 is 2.35 bits per heavy atom. The van der Waals surface area contributed by atoms with Crippen molar-refractivity contribution in [1.29, 1.82) is 0 Å². The van der Waals surface area contributed by atoms with Crippen LogP contribution in [0.15, 0.2) is 23.6 Å². The van der Waals surface area contributed by atoms with E-state index in [0.29, 0.717) is 19.5 Å². The molecule has 120 valence electrons. The summed E-state index contributed by atoms with van der Waals surface area (Å²) in [5.41, 5.74) is 0. The predicted octanol–water partition coefficient (Wildman–Crippen LogP) is 0.388. The van der Waals surface area contributed by atoms with Gasteiger partial charge in [0.2, 0.25) is 11.7 Å². The van der Waals surface area contributed by atoms with Crippen LogP contribution in [0.2, 0.25) is 0 Å². The molecule has 3 heterocycles. The zero-order valence-electron chi connectivity index (χ0n) is 13.0. The molecule has 1 unspecified atom stereocenters. The van der Waals surface area contributed by atoms with Crippen molar-refractivity contribution in [3.8, 4) is 0 Å². The van der Waals surface area contributed by atoms with E-state index in [9.17, 15) is 9.59 Å². The summed E-state index contributed by atoms with van der Waals surface area (Å²) in [5.74, 6) is -0.368. The molecule has 0 saturated carbocycles. The van der Waals surface area contributed by atoms with Crippen LogP contribution in [0.3, 0.4) is 0 Å². The highest BCUT2D eigenvalue weighted by molar-refractivity contribution is 6.06. The molecule has 1 aliphatic heterocycles. The molecule has 9 nitrogen and oxygen atoms in total. The Kier molecular flexibility index (Phi) is 4.00. The number of aryl methyl sites for hydroxylation is 2. The van der Waals surface area contributed by atoms with Gasteiger partial charge < -0.3 is 0 Å². The lowest BCUT2D eigenvalue weighted by Crippen LogP contribution is -2.32. The molecular weight excluding hydrogens is 298 g/mol. The summed E-state index contributed by atoms with van der Waals surface area (Å²) in [5, 5.41) is 8.18. The maximum absolute atomic E-state index is 12.5. The Hall–Kier alpha value is -2.84. The van der Waals surface area contributed by atoms with Crippen molar-refractivity contribution in [3.63, 3.8) is 0 Å². The monoisotopic (exact) mass is 315 g/mol. The van der Waals surface area contributed by atoms with Crippen LogP contribution in [0.4, 0.5) is 5.82 Å². The third-order valence-corrected chi connectivity index (χ3v) is 3.76. The van der Waals surface area contributed by atoms with Crippen LogP contribution in [-0.4, -0.2) is 49.6 Å². The number of amides is 2. The van der Waals surface area contributed by atoms with E-state index in [4.69, 9.17) is 0 Å². The van der Waals surface area contributed by atoms with E-state index in [-0.39, 0.29) is 11.7 Å². The molecule has 23 heavy (non-hydrogen) atoms. The lowest BCUT2D eigenvalue weighted by atomic mass is 10.1. The molecular formula is C14H17N7O2. The van der Waals surface area contributed by atoms with Crippen molar-refractivity contribution < 1.29 is 9.59 Å². The molecule has 0 bridgehead atoms. The quantitative estimate of drug-likeness (QED) is 0.763. The van der Waals surface area contributed by atoms with Gasteiger partial charge in [0.05, 0.1) is 12.1 Å². The summed E-state index contributed by atoms with van der Waals surface area (Å²) in [6.45, 7) is 3.11. The Morgan fingerprint density at radius 3 is 3.09 bits per heavy atom. The first-order valence-corrected chi connectivity index (χ1v) is 7.37. The van der Waals surface area contributed by atoms with E-state index < -0.39 is 11.8 Å². The topological polar surface area (TPSA) is 98.3 Å². The fourth-order valence-corrected chi connectivity index (χ4v) is 2.43. The standard InChI is InChI=1S/C14H17N7O2/c1-3-20-9-16-12(18-20)13(22)15-8-10-5-7-21-11(4-6-17-21)19(2)14(10)23/h4,6,8-10H,3,5,7H2,1-2H3. The third-order valence-electron chi connectivity index (χ3n) is 3.76. The minimum atomic E-state index is -0.547. The van der Waals surface area contributed by atoms with Gasteiger partial charge >= 0.3 is 5.91 Å². The Labute approximate surface area is 132 Å². The predicted molar refractivity (Wildman–Crippen MR) is 82.3 cm³/mol. The summed E-state index contributed by atoms with van der Waals surface area (Å²) in [6, 6.07) is 1.78. The molecule has 0 spiro atoms. The van der Waals surface area contributed by atoms with Crippen molar-refractivity contribution in [1.82, 2.24) is 24.5 Å². The van der Waals surface area contributed by atoms with E-state index in [1.54, 1.807) is 28.7 Å². The number of hydrogen-bond acceptors (Lipinski definition) is 5. The molecule has 3 rings (SSSR count). The summed E-state index contributed by atoms with van der Waals surface area (Å²) < 4.78 is 3.31. The highest BCUT2D eigenvalue weighted by Crippen LogP contribution is 2.21. The van der Waals surface area contributed by atoms with E-state index in [1.165, 1.54) is 17.4 Å². The molecule has 2 aromatic heterocycles. The van der Waals surface area contributed by atoms with Crippen LogP contribution >= 0.6 is 0 Å². The minimum Gasteiger partial charge on any atom is -0.300 e. The van der Waals surface area contributed by atoms with Gasteiger partial charge in [0.25, 0.3) is 0 Å². The molecule has 1 atom stereocenters. The zero-order valence-corrected chi connectivity index (χ0v) is 13.0. The second kappa shape index (κ2) is 6.11. The molecule has 0 aliphatic carbocycles. The SMILES string of the molecule is CCn1cnc(C(=O)N=CC2CCn3nccc3N(C)C2=O)n1. The van der Waals surface area contributed by atoms with Crippen LogP contribution in [0.25, 0.3) is 0 Å². The first kappa shape index (κ1) is 15.1. The number of rotatable bonds is 3. The molecule has 1 aliphatic rings. The fraction of sp³-hybridized carbons (Fsp3) is 0.429. The number of carbonyl (C=O) groups is 2. The molecule has 2 aromatic rings. The van der Waals surface area contributed by atoms with Gasteiger partial charge in [-0.3, -0.25) is 19.2 Å². The smallest absolute Gasteiger partial charge is 0.300 e. The molecule has 0 radical (unpaired) electrons. The lowest BCUT2D eigenvalue weighted by molar-refractivity contribution is -0.120. The van der Waals surface area contributed by atoms with E-state index >= 15 is 0 Å². The second-order valence-electron chi connectivity index (χ2n) is 5.21. The number of hydrogen-bond donors (Lipinski definition) is 0. The molecule has 0 saturated heterocycles. The fourth-order valence-electron chi connectivity index (χ4n) is 2.43. The van der Waals surface area contributed by atoms with Crippen LogP contribution in [0.1, 0.15) is 24.0 Å². The summed E-state index contributed by atoms with van der Waals surface area (Å²) in [4.78, 5) is 33.7. The Morgan fingerprint density at radius 1 is 1.52 bits per heavy atom. The third kappa shape index (κ3) is 2.89. The molecule has 0 fully saturated rings. The first-order valence-electron chi connectivity index (χ1n) is 7.37. The van der Waals surface area contributed by atoms with Crippen molar-refractivity contribution in [2.24, 2.45) is 10.9 Å². The highest BCUT2D eigenvalue weighted by Gasteiger charge is 2.27. The number of nitrogens with zero attached hydrogens (tertiary/aromatic N) is 7. The number of aliphatic imine (C=N–C) groups is 1. The largest absolute Gasteiger partial charge is 0.316 e. The number of fused-ring (bicyclic) bond motifs is 1. The summed E-state index contributed by atoms with van der Waals surface area (Å²) >= 11 is 0. The normalized spacial score (nSPS) is 18.3. The molecule has 9 heteroatoms. The van der Waals surface area contributed by atoms with Gasteiger partial charge in [-0.15, -0.1) is 5.10 Å². The second-order valence-corrected chi connectivity index (χ2v) is 5.21. The van der Waals surface area contributed by atoms with Crippen molar-refractivity contribution in [3.05, 3.63) is 24.4 Å². The van der Waals surface area contributed by atoms with Crippen LogP contribution < -0.4 is 4.90 Å². The van der Waals surface area contributed by atoms with Gasteiger partial charge in [-0.1, -0.05) is 0 Å². The van der Waals surface area contributed by atoms with Gasteiger partial charge in [-0.2, -0.15) is 5.10 Å². The molecule has 0 N–H and O–H groups in total. The average Bonchev–Trinajstić information content (AvgIpc) is 3.20. The van der Waals surface area contributed by atoms with Crippen molar-refractivity contribution in [2.75, 3.05) is 11.9 Å². The van der Waals surface area contributed by atoms with E-state index in [0.717, 1.165) is 5.82 Å². The maximum Gasteiger partial charge on any atom is 0.316 e. The molecule has 2 amide bonds. The highest BCUT2D eigenvalue weighted by atomic mass is 16.2. The van der Waals surface area contributed by atoms with Gasteiger partial charge in [-0.05, 0) is 13.3 Å². The number of carbonyl (C=O) groups excluding carboxylic acids is 2. The van der Waals surface area contributed by atoms with Crippen LogP contribution in [-0.2, 0) is 17.9 Å².